The maximum atomic E-state index is 12.2. The van der Waals surface area contributed by atoms with E-state index < -0.39 is 11.5 Å². The number of hydrogen-bond acceptors (Lipinski definition) is 4. The number of H-pyrrole nitrogens is 1. The quantitative estimate of drug-likeness (QED) is 0.711. The molecule has 2 N–H and O–H groups in total. The number of pyridine rings is 1. The SMILES string of the molecule is Cc1cc(C(=O)Nc2ccc3c(C)cc(=O)oc3c2)cc(=O)[nH]1. The molecule has 0 radical (unpaired) electrons. The highest BCUT2D eigenvalue weighted by molar-refractivity contribution is 6.05. The fourth-order valence-electron chi connectivity index (χ4n) is 2.42. The highest BCUT2D eigenvalue weighted by Crippen LogP contribution is 2.21. The summed E-state index contributed by atoms with van der Waals surface area (Å²) in [5.41, 5.74) is 1.77. The summed E-state index contributed by atoms with van der Waals surface area (Å²) in [5, 5.41) is 3.49. The molecule has 0 atom stereocenters. The number of benzene rings is 1. The highest BCUT2D eigenvalue weighted by Gasteiger charge is 2.09. The lowest BCUT2D eigenvalue weighted by Crippen LogP contribution is -2.16. The van der Waals surface area contributed by atoms with Gasteiger partial charge in [0.1, 0.15) is 5.58 Å². The van der Waals surface area contributed by atoms with Crippen LogP contribution in [0.2, 0.25) is 0 Å². The molecule has 1 aromatic carbocycles. The molecule has 0 aliphatic heterocycles. The Bertz CT molecular complexity index is 1030. The lowest BCUT2D eigenvalue weighted by Gasteiger charge is -2.07. The Balaban J connectivity index is 1.96. The van der Waals surface area contributed by atoms with Crippen molar-refractivity contribution in [2.24, 2.45) is 0 Å². The van der Waals surface area contributed by atoms with Gasteiger partial charge in [0, 0.05) is 40.5 Å². The van der Waals surface area contributed by atoms with E-state index in [0.29, 0.717) is 17.0 Å². The number of carbonyl (C=O) groups excluding carboxylic acids is 1. The molecule has 116 valence electrons. The monoisotopic (exact) mass is 310 g/mol. The Morgan fingerprint density at radius 2 is 1.87 bits per heavy atom. The van der Waals surface area contributed by atoms with Crippen molar-refractivity contribution in [2.75, 3.05) is 5.32 Å². The third-order valence-corrected chi connectivity index (χ3v) is 3.45. The number of fused-ring (bicyclic) bond motifs is 1. The summed E-state index contributed by atoms with van der Waals surface area (Å²) in [7, 11) is 0. The predicted molar refractivity (Wildman–Crippen MR) is 87.0 cm³/mol. The van der Waals surface area contributed by atoms with Crippen LogP contribution >= 0.6 is 0 Å². The minimum absolute atomic E-state index is 0.261. The van der Waals surface area contributed by atoms with Crippen molar-refractivity contribution in [1.82, 2.24) is 4.98 Å². The summed E-state index contributed by atoms with van der Waals surface area (Å²) in [5.74, 6) is -0.409. The average molecular weight is 310 g/mol. The summed E-state index contributed by atoms with van der Waals surface area (Å²) in [6, 6.07) is 9.30. The number of carbonyl (C=O) groups is 1. The molecule has 2 aromatic heterocycles. The third kappa shape index (κ3) is 3.06. The zero-order valence-corrected chi connectivity index (χ0v) is 12.6. The van der Waals surface area contributed by atoms with Crippen molar-refractivity contribution in [3.05, 3.63) is 74.0 Å². The molecule has 0 aliphatic carbocycles. The molecule has 0 saturated heterocycles. The van der Waals surface area contributed by atoms with Gasteiger partial charge in [0.05, 0.1) is 0 Å². The van der Waals surface area contributed by atoms with Crippen molar-refractivity contribution in [3.63, 3.8) is 0 Å². The van der Waals surface area contributed by atoms with E-state index in [2.05, 4.69) is 10.3 Å². The lowest BCUT2D eigenvalue weighted by atomic mass is 10.1. The van der Waals surface area contributed by atoms with Gasteiger partial charge in [-0.2, -0.15) is 0 Å². The molecule has 0 saturated carbocycles. The van der Waals surface area contributed by atoms with Crippen LogP contribution in [0.25, 0.3) is 11.0 Å². The van der Waals surface area contributed by atoms with Crippen LogP contribution in [-0.2, 0) is 0 Å². The minimum atomic E-state index is -0.441. The van der Waals surface area contributed by atoms with Gasteiger partial charge in [0.25, 0.3) is 5.91 Å². The molecule has 0 fully saturated rings. The Labute approximate surface area is 130 Å². The van der Waals surface area contributed by atoms with Gasteiger partial charge in [-0.15, -0.1) is 0 Å². The van der Waals surface area contributed by atoms with E-state index in [1.165, 1.54) is 12.1 Å². The summed E-state index contributed by atoms with van der Waals surface area (Å²) >= 11 is 0. The first-order valence-electron chi connectivity index (χ1n) is 6.99. The zero-order chi connectivity index (χ0) is 16.6. The zero-order valence-electron chi connectivity index (χ0n) is 12.6. The third-order valence-electron chi connectivity index (χ3n) is 3.45. The van der Waals surface area contributed by atoms with Gasteiger partial charge < -0.3 is 14.7 Å². The van der Waals surface area contributed by atoms with Crippen LogP contribution in [0.15, 0.2) is 50.4 Å². The molecule has 3 aromatic rings. The summed E-state index contributed by atoms with van der Waals surface area (Å²) in [6.45, 7) is 3.52. The fraction of sp³-hybridized carbons (Fsp3) is 0.118. The van der Waals surface area contributed by atoms with Crippen LogP contribution in [0, 0.1) is 13.8 Å². The summed E-state index contributed by atoms with van der Waals surface area (Å²) < 4.78 is 5.15. The number of aromatic nitrogens is 1. The number of hydrogen-bond donors (Lipinski definition) is 2. The molecule has 6 heteroatoms. The van der Waals surface area contributed by atoms with Crippen LogP contribution in [0.5, 0.6) is 0 Å². The lowest BCUT2D eigenvalue weighted by molar-refractivity contribution is 0.102. The molecule has 0 aliphatic rings. The molecule has 2 heterocycles. The highest BCUT2D eigenvalue weighted by atomic mass is 16.4. The van der Waals surface area contributed by atoms with Crippen molar-refractivity contribution in [2.45, 2.75) is 13.8 Å². The molecule has 1 amide bonds. The maximum absolute atomic E-state index is 12.2. The molecule has 0 bridgehead atoms. The average Bonchev–Trinajstić information content (AvgIpc) is 2.45. The Morgan fingerprint density at radius 1 is 1.09 bits per heavy atom. The smallest absolute Gasteiger partial charge is 0.336 e. The van der Waals surface area contributed by atoms with E-state index in [1.54, 1.807) is 31.2 Å². The molecular weight excluding hydrogens is 296 g/mol. The molecule has 3 rings (SSSR count). The standard InChI is InChI=1S/C17H14N2O4/c1-9-5-16(21)23-14-8-12(3-4-13(9)14)19-17(22)11-6-10(2)18-15(20)7-11/h3-8H,1-2H3,(H,18,20)(H,19,22). The largest absolute Gasteiger partial charge is 0.423 e. The van der Waals surface area contributed by atoms with Crippen molar-refractivity contribution in [3.8, 4) is 0 Å². The van der Waals surface area contributed by atoms with Gasteiger partial charge in [-0.3, -0.25) is 9.59 Å². The summed E-state index contributed by atoms with van der Waals surface area (Å²) in [4.78, 5) is 37.7. The molecule has 23 heavy (non-hydrogen) atoms. The Kier molecular flexibility index (Phi) is 3.57. The van der Waals surface area contributed by atoms with Gasteiger partial charge in [-0.1, -0.05) is 0 Å². The van der Waals surface area contributed by atoms with Gasteiger partial charge in [-0.05, 0) is 37.6 Å². The Morgan fingerprint density at radius 3 is 2.61 bits per heavy atom. The van der Waals surface area contributed by atoms with Crippen molar-refractivity contribution < 1.29 is 9.21 Å². The van der Waals surface area contributed by atoms with E-state index >= 15 is 0 Å². The van der Waals surface area contributed by atoms with Crippen LogP contribution < -0.4 is 16.5 Å². The van der Waals surface area contributed by atoms with E-state index in [1.807, 2.05) is 6.92 Å². The number of amides is 1. The maximum Gasteiger partial charge on any atom is 0.336 e. The van der Waals surface area contributed by atoms with Crippen LogP contribution in [0.4, 0.5) is 5.69 Å². The normalized spacial score (nSPS) is 10.7. The van der Waals surface area contributed by atoms with Gasteiger partial charge in [-0.25, -0.2) is 4.79 Å². The van der Waals surface area contributed by atoms with Crippen LogP contribution in [0.1, 0.15) is 21.6 Å². The van der Waals surface area contributed by atoms with E-state index in [0.717, 1.165) is 10.9 Å². The second-order valence-corrected chi connectivity index (χ2v) is 5.33. The number of aromatic amines is 1. The molecule has 0 unspecified atom stereocenters. The van der Waals surface area contributed by atoms with Crippen LogP contribution in [0.3, 0.4) is 0 Å². The molecular formula is C17H14N2O4. The first kappa shape index (κ1) is 14.8. The van der Waals surface area contributed by atoms with Crippen molar-refractivity contribution in [1.29, 1.82) is 0 Å². The summed E-state index contributed by atoms with van der Waals surface area (Å²) in [6.07, 6.45) is 0. The van der Waals surface area contributed by atoms with Gasteiger partial charge >= 0.3 is 5.63 Å². The minimum Gasteiger partial charge on any atom is -0.423 e. The number of nitrogens with one attached hydrogen (secondary N) is 2. The predicted octanol–water partition coefficient (Wildman–Crippen LogP) is 2.35. The topological polar surface area (TPSA) is 92.2 Å². The van der Waals surface area contributed by atoms with E-state index in [-0.39, 0.29) is 11.1 Å². The number of aryl methyl sites for hydroxylation is 2. The number of anilines is 1. The molecule has 6 nitrogen and oxygen atoms in total. The van der Waals surface area contributed by atoms with Gasteiger partial charge in [0.2, 0.25) is 5.56 Å². The fourth-order valence-corrected chi connectivity index (χ4v) is 2.42. The van der Waals surface area contributed by atoms with Gasteiger partial charge in [0.15, 0.2) is 0 Å². The second kappa shape index (κ2) is 5.57. The first-order chi connectivity index (χ1) is 10.9. The van der Waals surface area contributed by atoms with E-state index in [9.17, 15) is 14.4 Å². The number of rotatable bonds is 2. The van der Waals surface area contributed by atoms with Crippen molar-refractivity contribution >= 4 is 22.6 Å². The Hall–Kier alpha value is -3.15. The second-order valence-electron chi connectivity index (χ2n) is 5.33. The first-order valence-corrected chi connectivity index (χ1v) is 6.99. The van der Waals surface area contributed by atoms with Crippen LogP contribution in [-0.4, -0.2) is 10.9 Å². The van der Waals surface area contributed by atoms with E-state index in [4.69, 9.17) is 4.42 Å². The molecule has 0 spiro atoms.